The quantitative estimate of drug-likeness (QED) is 0.810. The predicted molar refractivity (Wildman–Crippen MR) is 86.9 cm³/mol. The van der Waals surface area contributed by atoms with Crippen LogP contribution in [0.4, 0.5) is 0 Å². The number of para-hydroxylation sites is 1. The van der Waals surface area contributed by atoms with Crippen LogP contribution < -0.4 is 10.1 Å². The smallest absolute Gasteiger partial charge is 0.123 e. The van der Waals surface area contributed by atoms with Crippen molar-refractivity contribution >= 4 is 0 Å². The van der Waals surface area contributed by atoms with Gasteiger partial charge in [-0.3, -0.25) is 0 Å². The van der Waals surface area contributed by atoms with Gasteiger partial charge in [-0.25, -0.2) is 0 Å². The molecule has 0 radical (unpaired) electrons. The van der Waals surface area contributed by atoms with Crippen LogP contribution in [0.3, 0.4) is 0 Å². The molecule has 1 fully saturated rings. The third-order valence-corrected chi connectivity index (χ3v) is 4.09. The molecule has 0 aliphatic heterocycles. The summed E-state index contributed by atoms with van der Waals surface area (Å²) in [5.74, 6) is 0.955. The van der Waals surface area contributed by atoms with Gasteiger partial charge in [0.1, 0.15) is 5.75 Å². The van der Waals surface area contributed by atoms with Gasteiger partial charge in [-0.15, -0.1) is 0 Å². The van der Waals surface area contributed by atoms with Crippen molar-refractivity contribution in [3.8, 4) is 5.75 Å². The van der Waals surface area contributed by atoms with Crippen molar-refractivity contribution in [1.82, 2.24) is 5.32 Å². The Morgan fingerprint density at radius 3 is 2.43 bits per heavy atom. The number of aliphatic hydroxyl groups is 1. The Morgan fingerprint density at radius 2 is 1.86 bits per heavy atom. The molecular formula is C18H29NO2. The van der Waals surface area contributed by atoms with Crippen LogP contribution in [-0.4, -0.2) is 29.9 Å². The third-order valence-electron chi connectivity index (χ3n) is 4.09. The van der Waals surface area contributed by atoms with Gasteiger partial charge >= 0.3 is 0 Å². The van der Waals surface area contributed by atoms with Crippen molar-refractivity contribution in [3.63, 3.8) is 0 Å². The van der Waals surface area contributed by atoms with E-state index in [1.807, 2.05) is 12.1 Å². The molecule has 0 bridgehead atoms. The molecule has 1 saturated carbocycles. The van der Waals surface area contributed by atoms with Gasteiger partial charge < -0.3 is 15.2 Å². The van der Waals surface area contributed by atoms with Crippen LogP contribution in [0.15, 0.2) is 24.3 Å². The lowest BCUT2D eigenvalue weighted by molar-refractivity contribution is 0.142. The Hall–Kier alpha value is -1.06. The Kier molecular flexibility index (Phi) is 4.95. The van der Waals surface area contributed by atoms with Gasteiger partial charge in [-0.1, -0.05) is 39.0 Å². The van der Waals surface area contributed by atoms with Crippen molar-refractivity contribution in [2.24, 2.45) is 0 Å². The van der Waals surface area contributed by atoms with E-state index in [2.05, 4.69) is 45.1 Å². The van der Waals surface area contributed by atoms with E-state index in [1.165, 1.54) is 18.4 Å². The number of hydrogen-bond acceptors (Lipinski definition) is 3. The summed E-state index contributed by atoms with van der Waals surface area (Å²) >= 11 is 0. The Morgan fingerprint density at radius 1 is 1.19 bits per heavy atom. The summed E-state index contributed by atoms with van der Waals surface area (Å²) in [6, 6.07) is 8.82. The lowest BCUT2D eigenvalue weighted by atomic mass is 9.86. The van der Waals surface area contributed by atoms with Crippen LogP contribution in [0.5, 0.6) is 5.75 Å². The van der Waals surface area contributed by atoms with Crippen LogP contribution in [0.2, 0.25) is 0 Å². The molecule has 1 unspecified atom stereocenters. The molecular weight excluding hydrogens is 262 g/mol. The first-order valence-electron chi connectivity index (χ1n) is 7.95. The second-order valence-corrected chi connectivity index (χ2v) is 7.48. The number of aliphatic hydroxyl groups excluding tert-OH is 1. The highest BCUT2D eigenvalue weighted by atomic mass is 16.5. The molecule has 1 aliphatic carbocycles. The third kappa shape index (κ3) is 4.72. The molecule has 118 valence electrons. The van der Waals surface area contributed by atoms with Crippen LogP contribution in [0.25, 0.3) is 0 Å². The average molecular weight is 291 g/mol. The molecule has 0 spiro atoms. The molecule has 1 aromatic rings. The minimum atomic E-state index is -0.238. The van der Waals surface area contributed by atoms with Crippen molar-refractivity contribution < 1.29 is 9.84 Å². The molecule has 0 saturated heterocycles. The van der Waals surface area contributed by atoms with E-state index in [4.69, 9.17) is 4.74 Å². The molecule has 1 aromatic carbocycles. The molecule has 2 rings (SSSR count). The van der Waals surface area contributed by atoms with Crippen molar-refractivity contribution in [2.75, 3.05) is 13.2 Å². The maximum atomic E-state index is 9.62. The predicted octanol–water partition coefficient (Wildman–Crippen LogP) is 3.26. The average Bonchev–Trinajstić information content (AvgIpc) is 3.22. The second kappa shape index (κ2) is 6.37. The number of hydrogen-bond donors (Lipinski definition) is 2. The second-order valence-electron chi connectivity index (χ2n) is 7.48. The van der Waals surface area contributed by atoms with E-state index in [0.29, 0.717) is 12.6 Å². The highest BCUT2D eigenvalue weighted by molar-refractivity contribution is 5.38. The van der Waals surface area contributed by atoms with Crippen LogP contribution in [0.1, 0.15) is 52.5 Å². The zero-order chi connectivity index (χ0) is 15.5. The first-order valence-corrected chi connectivity index (χ1v) is 7.95. The highest BCUT2D eigenvalue weighted by Crippen LogP contribution is 2.31. The fraction of sp³-hybridized carbons (Fsp3) is 0.667. The SMILES string of the molecule is CC(CO)(CCOc1ccccc1C(C)(C)C)NC1CC1. The van der Waals surface area contributed by atoms with Gasteiger partial charge in [0.05, 0.1) is 13.2 Å². The molecule has 0 amide bonds. The number of rotatable bonds is 7. The van der Waals surface area contributed by atoms with E-state index in [9.17, 15) is 5.11 Å². The lowest BCUT2D eigenvalue weighted by Crippen LogP contribution is -2.48. The number of nitrogens with one attached hydrogen (secondary N) is 1. The summed E-state index contributed by atoms with van der Waals surface area (Å²) in [5.41, 5.74) is 1.06. The minimum Gasteiger partial charge on any atom is -0.493 e. The van der Waals surface area contributed by atoms with E-state index in [1.54, 1.807) is 0 Å². The monoisotopic (exact) mass is 291 g/mol. The summed E-state index contributed by atoms with van der Waals surface area (Å²) in [4.78, 5) is 0. The molecule has 1 aliphatic rings. The Labute approximate surface area is 128 Å². The molecule has 0 heterocycles. The Bertz CT molecular complexity index is 463. The Balaban J connectivity index is 1.93. The fourth-order valence-electron chi connectivity index (χ4n) is 2.52. The largest absolute Gasteiger partial charge is 0.493 e. The van der Waals surface area contributed by atoms with E-state index in [0.717, 1.165) is 12.2 Å². The first-order chi connectivity index (χ1) is 9.84. The molecule has 2 N–H and O–H groups in total. The summed E-state index contributed by atoms with van der Waals surface area (Å²) in [7, 11) is 0. The maximum absolute atomic E-state index is 9.62. The topological polar surface area (TPSA) is 41.5 Å². The summed E-state index contributed by atoms with van der Waals surface area (Å²) in [6.07, 6.45) is 3.26. The molecule has 3 heteroatoms. The van der Waals surface area contributed by atoms with Crippen LogP contribution in [-0.2, 0) is 5.41 Å². The van der Waals surface area contributed by atoms with Crippen molar-refractivity contribution in [3.05, 3.63) is 29.8 Å². The lowest BCUT2D eigenvalue weighted by Gasteiger charge is -2.29. The summed E-state index contributed by atoms with van der Waals surface area (Å²) in [5, 5.41) is 13.1. The fourth-order valence-corrected chi connectivity index (χ4v) is 2.52. The van der Waals surface area contributed by atoms with Gasteiger partial charge in [0.15, 0.2) is 0 Å². The first kappa shape index (κ1) is 16.3. The van der Waals surface area contributed by atoms with Crippen molar-refractivity contribution in [1.29, 1.82) is 0 Å². The van der Waals surface area contributed by atoms with Gasteiger partial charge in [0, 0.05) is 18.0 Å². The zero-order valence-corrected chi connectivity index (χ0v) is 13.8. The van der Waals surface area contributed by atoms with Crippen LogP contribution in [0, 0.1) is 0 Å². The standard InChI is InChI=1S/C18H29NO2/c1-17(2,3)15-7-5-6-8-16(15)21-12-11-18(4,13-20)19-14-9-10-14/h5-8,14,19-20H,9-13H2,1-4H3. The number of ether oxygens (including phenoxy) is 1. The molecule has 1 atom stereocenters. The normalized spacial score (nSPS) is 18.3. The van der Waals surface area contributed by atoms with Gasteiger partial charge in [0.2, 0.25) is 0 Å². The van der Waals surface area contributed by atoms with Gasteiger partial charge in [0.25, 0.3) is 0 Å². The van der Waals surface area contributed by atoms with Crippen molar-refractivity contribution in [2.45, 2.75) is 64.0 Å². The molecule has 21 heavy (non-hydrogen) atoms. The zero-order valence-electron chi connectivity index (χ0n) is 13.8. The van der Waals surface area contributed by atoms with E-state index in [-0.39, 0.29) is 17.6 Å². The van der Waals surface area contributed by atoms with Gasteiger partial charge in [-0.05, 0) is 36.8 Å². The molecule has 0 aromatic heterocycles. The maximum Gasteiger partial charge on any atom is 0.123 e. The minimum absolute atomic E-state index is 0.0726. The van der Waals surface area contributed by atoms with Crippen LogP contribution >= 0.6 is 0 Å². The summed E-state index contributed by atoms with van der Waals surface area (Å²) in [6.45, 7) is 9.42. The van der Waals surface area contributed by atoms with E-state index >= 15 is 0 Å². The summed E-state index contributed by atoms with van der Waals surface area (Å²) < 4.78 is 6.01. The van der Waals surface area contributed by atoms with E-state index < -0.39 is 0 Å². The highest BCUT2D eigenvalue weighted by Gasteiger charge is 2.32. The molecule has 3 nitrogen and oxygen atoms in total. The number of benzene rings is 1. The van der Waals surface area contributed by atoms with Gasteiger partial charge in [-0.2, -0.15) is 0 Å².